The van der Waals surface area contributed by atoms with Crippen molar-refractivity contribution in [2.24, 2.45) is 0 Å². The van der Waals surface area contributed by atoms with Crippen LogP contribution in [0.4, 0.5) is 4.39 Å². The van der Waals surface area contributed by atoms with Crippen LogP contribution < -0.4 is 0 Å². The van der Waals surface area contributed by atoms with Crippen LogP contribution in [-0.2, 0) is 6.54 Å². The summed E-state index contributed by atoms with van der Waals surface area (Å²) in [6.07, 6.45) is 4.41. The molecule has 0 saturated carbocycles. The van der Waals surface area contributed by atoms with Gasteiger partial charge in [-0.1, -0.05) is 17.3 Å². The van der Waals surface area contributed by atoms with Crippen molar-refractivity contribution < 1.29 is 8.91 Å². The zero-order valence-electron chi connectivity index (χ0n) is 13.1. The van der Waals surface area contributed by atoms with Gasteiger partial charge in [0.05, 0.1) is 5.92 Å². The highest BCUT2D eigenvalue weighted by Crippen LogP contribution is 2.28. The molecule has 1 saturated heterocycles. The van der Waals surface area contributed by atoms with Crippen LogP contribution in [0.25, 0.3) is 11.4 Å². The van der Waals surface area contributed by atoms with Crippen molar-refractivity contribution >= 4 is 0 Å². The largest absolute Gasteiger partial charge is 0.339 e. The molecule has 5 nitrogen and oxygen atoms in total. The van der Waals surface area contributed by atoms with E-state index in [1.807, 2.05) is 24.3 Å². The number of likely N-dealkylation sites (tertiary alicyclic amines) is 1. The molecule has 0 amide bonds. The minimum Gasteiger partial charge on any atom is -0.339 e. The zero-order chi connectivity index (χ0) is 16.4. The molecule has 0 radical (unpaired) electrons. The minimum atomic E-state index is -0.201. The van der Waals surface area contributed by atoms with Gasteiger partial charge in [0, 0.05) is 31.0 Å². The van der Waals surface area contributed by atoms with Crippen LogP contribution in [0, 0.1) is 5.82 Å². The first-order valence-corrected chi connectivity index (χ1v) is 7.99. The van der Waals surface area contributed by atoms with E-state index < -0.39 is 0 Å². The lowest BCUT2D eigenvalue weighted by Crippen LogP contribution is -2.19. The van der Waals surface area contributed by atoms with E-state index in [1.54, 1.807) is 12.4 Å². The van der Waals surface area contributed by atoms with Gasteiger partial charge in [-0.05, 0) is 42.8 Å². The van der Waals surface area contributed by atoms with Gasteiger partial charge in [0.15, 0.2) is 0 Å². The lowest BCUT2D eigenvalue weighted by atomic mass is 10.1. The Kier molecular flexibility index (Phi) is 4.04. The van der Waals surface area contributed by atoms with E-state index in [0.717, 1.165) is 37.2 Å². The number of halogens is 1. The predicted molar refractivity (Wildman–Crippen MR) is 86.6 cm³/mol. The topological polar surface area (TPSA) is 55.1 Å². The number of nitrogens with zero attached hydrogens (tertiary/aromatic N) is 4. The van der Waals surface area contributed by atoms with Crippen molar-refractivity contribution in [3.8, 4) is 11.4 Å². The molecule has 122 valence electrons. The van der Waals surface area contributed by atoms with Crippen molar-refractivity contribution in [3.05, 3.63) is 66.1 Å². The van der Waals surface area contributed by atoms with Crippen molar-refractivity contribution in [2.45, 2.75) is 18.9 Å². The van der Waals surface area contributed by atoms with Gasteiger partial charge in [-0.3, -0.25) is 9.88 Å². The molecule has 1 aliphatic rings. The SMILES string of the molecule is Fc1ccc(CN2CCC(c3nc(-c4ccncc4)no3)C2)cc1. The highest BCUT2D eigenvalue weighted by molar-refractivity contribution is 5.52. The monoisotopic (exact) mass is 324 g/mol. The molecule has 1 atom stereocenters. The molecule has 4 rings (SSSR count). The second-order valence-electron chi connectivity index (χ2n) is 6.04. The third kappa shape index (κ3) is 3.19. The molecular formula is C18H17FN4O. The van der Waals surface area contributed by atoms with Gasteiger partial charge < -0.3 is 4.52 Å². The maximum absolute atomic E-state index is 13.0. The van der Waals surface area contributed by atoms with Gasteiger partial charge in [0.25, 0.3) is 0 Å². The summed E-state index contributed by atoms with van der Waals surface area (Å²) in [6.45, 7) is 2.65. The third-order valence-corrected chi connectivity index (χ3v) is 4.32. The molecule has 1 fully saturated rings. The molecule has 0 spiro atoms. The van der Waals surface area contributed by atoms with Gasteiger partial charge in [0.2, 0.25) is 11.7 Å². The highest BCUT2D eigenvalue weighted by Gasteiger charge is 2.28. The summed E-state index contributed by atoms with van der Waals surface area (Å²) in [5.41, 5.74) is 2.02. The summed E-state index contributed by atoms with van der Waals surface area (Å²) in [7, 11) is 0. The van der Waals surface area contributed by atoms with Crippen LogP contribution >= 0.6 is 0 Å². The first-order chi connectivity index (χ1) is 11.8. The zero-order valence-corrected chi connectivity index (χ0v) is 13.1. The summed E-state index contributed by atoms with van der Waals surface area (Å²) in [6, 6.07) is 10.4. The summed E-state index contributed by atoms with van der Waals surface area (Å²) in [5.74, 6) is 1.33. The number of hydrogen-bond acceptors (Lipinski definition) is 5. The molecule has 1 aromatic carbocycles. The molecule has 3 heterocycles. The Morgan fingerprint density at radius 2 is 1.92 bits per heavy atom. The van der Waals surface area contributed by atoms with E-state index in [1.165, 1.54) is 12.1 Å². The van der Waals surface area contributed by atoms with E-state index in [9.17, 15) is 4.39 Å². The maximum Gasteiger partial charge on any atom is 0.231 e. The van der Waals surface area contributed by atoms with E-state index in [2.05, 4.69) is 20.0 Å². The van der Waals surface area contributed by atoms with Crippen molar-refractivity contribution in [1.82, 2.24) is 20.0 Å². The highest BCUT2D eigenvalue weighted by atomic mass is 19.1. The second-order valence-corrected chi connectivity index (χ2v) is 6.04. The maximum atomic E-state index is 13.0. The Morgan fingerprint density at radius 1 is 1.12 bits per heavy atom. The summed E-state index contributed by atoms with van der Waals surface area (Å²) >= 11 is 0. The standard InChI is InChI=1S/C18H17FN4O/c19-16-3-1-13(2-4-16)11-23-10-7-15(12-23)18-21-17(22-24-18)14-5-8-20-9-6-14/h1-6,8-9,15H,7,10-12H2. The molecule has 1 aliphatic heterocycles. The molecule has 2 aromatic heterocycles. The van der Waals surface area contributed by atoms with Gasteiger partial charge in [-0.15, -0.1) is 0 Å². The summed E-state index contributed by atoms with van der Waals surface area (Å²) in [5, 5.41) is 4.08. The molecule has 0 N–H and O–H groups in total. The number of aromatic nitrogens is 3. The molecule has 6 heteroatoms. The number of benzene rings is 1. The number of hydrogen-bond donors (Lipinski definition) is 0. The van der Waals surface area contributed by atoms with E-state index >= 15 is 0 Å². The van der Waals surface area contributed by atoms with Crippen molar-refractivity contribution in [1.29, 1.82) is 0 Å². The quantitative estimate of drug-likeness (QED) is 0.737. The molecule has 24 heavy (non-hydrogen) atoms. The molecule has 0 aliphatic carbocycles. The summed E-state index contributed by atoms with van der Waals surface area (Å²) in [4.78, 5) is 10.9. The fourth-order valence-corrected chi connectivity index (χ4v) is 3.05. The lowest BCUT2D eigenvalue weighted by Gasteiger charge is -2.15. The Morgan fingerprint density at radius 3 is 2.71 bits per heavy atom. The molecule has 1 unspecified atom stereocenters. The normalized spacial score (nSPS) is 18.1. The Balaban J connectivity index is 1.42. The van der Waals surface area contributed by atoms with E-state index in [-0.39, 0.29) is 11.7 Å². The first kappa shape index (κ1) is 15.0. The van der Waals surface area contributed by atoms with Crippen molar-refractivity contribution in [2.75, 3.05) is 13.1 Å². The Bertz CT molecular complexity index is 803. The third-order valence-electron chi connectivity index (χ3n) is 4.32. The van der Waals surface area contributed by atoms with Crippen LogP contribution in [0.5, 0.6) is 0 Å². The van der Waals surface area contributed by atoms with Gasteiger partial charge in [-0.25, -0.2) is 4.39 Å². The van der Waals surface area contributed by atoms with E-state index in [0.29, 0.717) is 11.7 Å². The van der Waals surface area contributed by atoms with Crippen LogP contribution in [0.3, 0.4) is 0 Å². The lowest BCUT2D eigenvalue weighted by molar-refractivity contribution is 0.309. The minimum absolute atomic E-state index is 0.201. The second kappa shape index (κ2) is 6.49. The fourth-order valence-electron chi connectivity index (χ4n) is 3.05. The average Bonchev–Trinajstić information content (AvgIpc) is 3.27. The van der Waals surface area contributed by atoms with Gasteiger partial charge in [0.1, 0.15) is 5.82 Å². The molecule has 0 bridgehead atoms. The average molecular weight is 324 g/mol. The van der Waals surface area contributed by atoms with Crippen LogP contribution in [-0.4, -0.2) is 33.1 Å². The number of rotatable bonds is 4. The fraction of sp³-hybridized carbons (Fsp3) is 0.278. The molecular weight excluding hydrogens is 307 g/mol. The predicted octanol–water partition coefficient (Wildman–Crippen LogP) is 3.26. The summed E-state index contributed by atoms with van der Waals surface area (Å²) < 4.78 is 18.4. The molecule has 3 aromatic rings. The number of pyridine rings is 1. The first-order valence-electron chi connectivity index (χ1n) is 7.99. The Labute approximate surface area is 139 Å². The van der Waals surface area contributed by atoms with Crippen LogP contribution in [0.1, 0.15) is 23.8 Å². The van der Waals surface area contributed by atoms with Gasteiger partial charge >= 0.3 is 0 Å². The van der Waals surface area contributed by atoms with Crippen LogP contribution in [0.15, 0.2) is 53.3 Å². The van der Waals surface area contributed by atoms with Crippen LogP contribution in [0.2, 0.25) is 0 Å². The van der Waals surface area contributed by atoms with E-state index in [4.69, 9.17) is 4.52 Å². The Hall–Kier alpha value is -2.60. The van der Waals surface area contributed by atoms with Gasteiger partial charge in [-0.2, -0.15) is 4.98 Å². The smallest absolute Gasteiger partial charge is 0.231 e. The van der Waals surface area contributed by atoms with Crippen molar-refractivity contribution in [3.63, 3.8) is 0 Å².